The van der Waals surface area contributed by atoms with Gasteiger partial charge >= 0.3 is 0 Å². The number of fused-ring (bicyclic) bond motifs is 1. The molecule has 1 aromatic carbocycles. The van der Waals surface area contributed by atoms with Crippen LogP contribution in [0.25, 0.3) is 10.9 Å². The zero-order valence-corrected chi connectivity index (χ0v) is 24.0. The van der Waals surface area contributed by atoms with E-state index in [1.54, 1.807) is 12.4 Å². The van der Waals surface area contributed by atoms with Crippen molar-refractivity contribution in [2.45, 2.75) is 78.2 Å². The third-order valence-corrected chi connectivity index (χ3v) is 6.56. The first-order valence-electron chi connectivity index (χ1n) is 14.2. The number of nitrogens with one attached hydrogen (secondary N) is 3. The number of H-pyrrole nitrogens is 1. The number of amides is 2. The Morgan fingerprint density at radius 3 is 2.46 bits per heavy atom. The Morgan fingerprint density at radius 2 is 1.72 bits per heavy atom. The molecule has 3 aromatic rings. The molecule has 0 saturated heterocycles. The number of benzene rings is 1. The van der Waals surface area contributed by atoms with Crippen molar-refractivity contribution in [1.29, 1.82) is 0 Å². The minimum Gasteiger partial charge on any atom is -0.374 e. The van der Waals surface area contributed by atoms with Crippen LogP contribution in [0.3, 0.4) is 0 Å². The van der Waals surface area contributed by atoms with Crippen molar-refractivity contribution in [3.05, 3.63) is 60.6 Å². The van der Waals surface area contributed by atoms with Crippen molar-refractivity contribution in [3.8, 4) is 0 Å². The molecule has 2 aromatic heterocycles. The van der Waals surface area contributed by atoms with Crippen molar-refractivity contribution in [2.75, 3.05) is 25.0 Å². The van der Waals surface area contributed by atoms with E-state index in [0.29, 0.717) is 45.2 Å². The van der Waals surface area contributed by atoms with Gasteiger partial charge in [-0.3, -0.25) is 19.4 Å². The first-order chi connectivity index (χ1) is 19.0. The van der Waals surface area contributed by atoms with Crippen LogP contribution in [0.5, 0.6) is 0 Å². The molecular weight excluding hydrogens is 490 g/mol. The molecule has 0 bridgehead atoms. The van der Waals surface area contributed by atoms with Gasteiger partial charge in [0.1, 0.15) is 0 Å². The van der Waals surface area contributed by atoms with Gasteiger partial charge in [0.05, 0.1) is 6.04 Å². The van der Waals surface area contributed by atoms with Gasteiger partial charge in [0.2, 0.25) is 11.8 Å². The quantitative estimate of drug-likeness (QED) is 0.234. The highest BCUT2D eigenvalue weighted by atomic mass is 16.2. The summed E-state index contributed by atoms with van der Waals surface area (Å²) in [6.07, 6.45) is 10.1. The van der Waals surface area contributed by atoms with Gasteiger partial charge in [0, 0.05) is 74.6 Å². The monoisotopic (exact) mass is 535 g/mol. The second-order valence-electron chi connectivity index (χ2n) is 9.42. The van der Waals surface area contributed by atoms with Crippen LogP contribution in [0.2, 0.25) is 0 Å². The Bertz CT molecular complexity index is 1150. The van der Waals surface area contributed by atoms with Gasteiger partial charge in [-0.05, 0) is 49.4 Å². The smallest absolute Gasteiger partial charge is 0.221 e. The summed E-state index contributed by atoms with van der Waals surface area (Å²) in [6.45, 7) is 6.95. The summed E-state index contributed by atoms with van der Waals surface area (Å²) in [5.41, 5.74) is 3.28. The molecule has 3 rings (SSSR count). The minimum absolute atomic E-state index is 0.0264. The lowest BCUT2D eigenvalue weighted by molar-refractivity contribution is -0.128. The molecule has 3 N–H and O–H groups in total. The van der Waals surface area contributed by atoms with Crippen LogP contribution < -0.4 is 15.5 Å². The molecular formula is C31H45N5O3. The van der Waals surface area contributed by atoms with E-state index >= 15 is 0 Å². The summed E-state index contributed by atoms with van der Waals surface area (Å²) in [5, 5.41) is 7.00. The molecule has 0 aliphatic carbocycles. The van der Waals surface area contributed by atoms with Gasteiger partial charge in [-0.2, -0.15) is 0 Å². The molecule has 0 fully saturated rings. The van der Waals surface area contributed by atoms with Gasteiger partial charge in [-0.15, -0.1) is 0 Å². The predicted octanol–water partition coefficient (Wildman–Crippen LogP) is 5.19. The number of nitrogens with zero attached hydrogens (tertiary/aromatic N) is 2. The third kappa shape index (κ3) is 10.9. The van der Waals surface area contributed by atoms with E-state index in [1.807, 2.05) is 69.2 Å². The maximum absolute atomic E-state index is 12.7. The topological polar surface area (TPSA) is 107 Å². The number of aryl methyl sites for hydroxylation is 1. The van der Waals surface area contributed by atoms with Crippen LogP contribution in [-0.2, 0) is 20.8 Å². The average molecular weight is 536 g/mol. The Labute approximate surface area is 233 Å². The third-order valence-electron chi connectivity index (χ3n) is 6.56. The van der Waals surface area contributed by atoms with Gasteiger partial charge in [-0.25, -0.2) is 0 Å². The number of hydrogen-bond acceptors (Lipinski definition) is 5. The van der Waals surface area contributed by atoms with Crippen molar-refractivity contribution in [2.24, 2.45) is 0 Å². The van der Waals surface area contributed by atoms with Crippen LogP contribution in [-0.4, -0.2) is 53.7 Å². The number of anilines is 1. The molecule has 0 saturated carbocycles. The average Bonchev–Trinajstić information content (AvgIpc) is 3.38. The summed E-state index contributed by atoms with van der Waals surface area (Å²) in [6, 6.07) is 11.3. The minimum atomic E-state index is -0.577. The number of para-hydroxylation sites is 1. The molecule has 8 heteroatoms. The van der Waals surface area contributed by atoms with E-state index in [2.05, 4.69) is 26.7 Å². The summed E-state index contributed by atoms with van der Waals surface area (Å²) in [5.74, 6) is -0.177. The molecule has 2 heterocycles. The van der Waals surface area contributed by atoms with E-state index in [9.17, 15) is 14.4 Å². The van der Waals surface area contributed by atoms with Gasteiger partial charge in [0.15, 0.2) is 5.78 Å². The summed E-state index contributed by atoms with van der Waals surface area (Å²) in [4.78, 5) is 47.0. The Balaban J connectivity index is 0.00000260. The highest BCUT2D eigenvalue weighted by Crippen LogP contribution is 2.19. The molecule has 212 valence electrons. The summed E-state index contributed by atoms with van der Waals surface area (Å²) in [7, 11) is 1.93. The number of aromatic amines is 1. The zero-order valence-electron chi connectivity index (χ0n) is 24.0. The molecule has 0 aliphatic rings. The number of Topliss-reactive ketones (excluding diaryl/α,β-unsaturated/α-hetero) is 1. The fourth-order valence-corrected chi connectivity index (χ4v) is 4.32. The standard InChI is InChI=1S/C29H39N5O3.C2H6/c1-3-4-11-27(35)26(15-19-31-28(36)16-20-34(2)23-13-17-30-18-14-23)33-29(37)12-7-8-22-21-32-25-10-6-5-9-24(22)25;1-2/h5-6,9-10,13-14,17-18,21,26,32H,3-4,7-8,11-12,15-16,19-20H2,1-2H3,(H,31,36)(H,33,37);1-2H3. The van der Waals surface area contributed by atoms with Crippen LogP contribution in [0.4, 0.5) is 5.69 Å². The van der Waals surface area contributed by atoms with E-state index in [-0.39, 0.29) is 17.6 Å². The SMILES string of the molecule is CC.CCCCC(=O)C(CCNC(=O)CCN(C)c1ccncc1)NC(=O)CCCc1c[nH]c2ccccc12. The number of pyridine rings is 1. The zero-order chi connectivity index (χ0) is 28.5. The Hall–Kier alpha value is -3.68. The van der Waals surface area contributed by atoms with Crippen LogP contribution in [0.15, 0.2) is 55.0 Å². The van der Waals surface area contributed by atoms with E-state index in [4.69, 9.17) is 0 Å². The largest absolute Gasteiger partial charge is 0.374 e. The number of aromatic nitrogens is 2. The number of unbranched alkanes of at least 4 members (excludes halogenated alkanes) is 1. The van der Waals surface area contributed by atoms with Crippen molar-refractivity contribution in [3.63, 3.8) is 0 Å². The lowest BCUT2D eigenvalue weighted by atomic mass is 10.0. The number of rotatable bonds is 16. The maximum atomic E-state index is 12.7. The maximum Gasteiger partial charge on any atom is 0.221 e. The molecule has 0 spiro atoms. The van der Waals surface area contributed by atoms with Crippen molar-refractivity contribution >= 4 is 34.2 Å². The molecule has 39 heavy (non-hydrogen) atoms. The molecule has 8 nitrogen and oxygen atoms in total. The van der Waals surface area contributed by atoms with Crippen molar-refractivity contribution in [1.82, 2.24) is 20.6 Å². The fraction of sp³-hybridized carbons (Fsp3) is 0.484. The van der Waals surface area contributed by atoms with Crippen LogP contribution in [0.1, 0.15) is 71.3 Å². The van der Waals surface area contributed by atoms with Gasteiger partial charge in [0.25, 0.3) is 0 Å². The number of hydrogen-bond donors (Lipinski definition) is 3. The van der Waals surface area contributed by atoms with E-state index in [1.165, 1.54) is 10.9 Å². The number of ketones is 1. The fourth-order valence-electron chi connectivity index (χ4n) is 4.32. The highest BCUT2D eigenvalue weighted by molar-refractivity contribution is 5.89. The highest BCUT2D eigenvalue weighted by Gasteiger charge is 2.20. The lowest BCUT2D eigenvalue weighted by Gasteiger charge is -2.20. The summed E-state index contributed by atoms with van der Waals surface area (Å²) >= 11 is 0. The Kier molecular flexibility index (Phi) is 14.4. The second-order valence-corrected chi connectivity index (χ2v) is 9.42. The van der Waals surface area contributed by atoms with Crippen LogP contribution >= 0.6 is 0 Å². The van der Waals surface area contributed by atoms with Gasteiger partial charge < -0.3 is 20.5 Å². The van der Waals surface area contributed by atoms with E-state index in [0.717, 1.165) is 30.5 Å². The molecule has 0 aliphatic heterocycles. The normalized spacial score (nSPS) is 11.3. The lowest BCUT2D eigenvalue weighted by Crippen LogP contribution is -2.43. The Morgan fingerprint density at radius 1 is 0.974 bits per heavy atom. The van der Waals surface area contributed by atoms with E-state index < -0.39 is 6.04 Å². The van der Waals surface area contributed by atoms with Crippen LogP contribution in [0, 0.1) is 0 Å². The molecule has 1 unspecified atom stereocenters. The second kappa shape index (κ2) is 17.8. The first kappa shape index (κ1) is 31.5. The number of carbonyl (C=O) groups is 3. The molecule has 2 amide bonds. The summed E-state index contributed by atoms with van der Waals surface area (Å²) < 4.78 is 0. The molecule has 0 radical (unpaired) electrons. The van der Waals surface area contributed by atoms with Gasteiger partial charge in [-0.1, -0.05) is 45.4 Å². The predicted molar refractivity (Wildman–Crippen MR) is 159 cm³/mol. The number of carbonyl (C=O) groups excluding carboxylic acids is 3. The molecule has 1 atom stereocenters. The first-order valence-corrected chi connectivity index (χ1v) is 14.2. The van der Waals surface area contributed by atoms with Crippen molar-refractivity contribution < 1.29 is 14.4 Å².